The normalized spacial score (nSPS) is 23.5. The number of benzene rings is 2. The van der Waals surface area contributed by atoms with Gasteiger partial charge in [-0.05, 0) is 34.7 Å². The molecule has 1 aliphatic rings. The van der Waals surface area contributed by atoms with E-state index in [-0.39, 0.29) is 22.8 Å². The van der Waals surface area contributed by atoms with Gasteiger partial charge in [-0.2, -0.15) is 0 Å². The molecule has 19 heavy (non-hydrogen) atoms. The SMILES string of the molecule is O=S1(=O)CCC(C(Cl)c2ccc3ccccc3c2)C1. The van der Waals surface area contributed by atoms with Crippen LogP contribution in [0.25, 0.3) is 10.8 Å². The number of alkyl halides is 1. The van der Waals surface area contributed by atoms with E-state index in [1.807, 2.05) is 30.3 Å². The summed E-state index contributed by atoms with van der Waals surface area (Å²) < 4.78 is 23.1. The highest BCUT2D eigenvalue weighted by Crippen LogP contribution is 2.37. The number of halogens is 1. The Bertz CT molecular complexity index is 709. The first-order valence-corrected chi connectivity index (χ1v) is 8.64. The molecule has 0 amide bonds. The number of rotatable bonds is 2. The smallest absolute Gasteiger partial charge is 0.150 e. The second kappa shape index (κ2) is 4.80. The summed E-state index contributed by atoms with van der Waals surface area (Å²) in [5.74, 6) is 0.524. The van der Waals surface area contributed by atoms with Crippen LogP contribution in [0.5, 0.6) is 0 Å². The zero-order valence-corrected chi connectivity index (χ0v) is 12.0. The second-order valence-electron chi connectivity index (χ2n) is 5.17. The van der Waals surface area contributed by atoms with Crippen LogP contribution < -0.4 is 0 Å². The van der Waals surface area contributed by atoms with Crippen LogP contribution >= 0.6 is 11.6 Å². The molecule has 0 N–H and O–H groups in total. The molecule has 3 rings (SSSR count). The van der Waals surface area contributed by atoms with Crippen LogP contribution in [0.2, 0.25) is 0 Å². The van der Waals surface area contributed by atoms with Crippen LogP contribution in [0, 0.1) is 5.92 Å². The Kier molecular flexibility index (Phi) is 3.27. The maximum Gasteiger partial charge on any atom is 0.150 e. The molecule has 0 aromatic heterocycles. The number of fused-ring (bicyclic) bond motifs is 1. The lowest BCUT2D eigenvalue weighted by Gasteiger charge is -2.16. The van der Waals surface area contributed by atoms with Gasteiger partial charge in [-0.15, -0.1) is 11.6 Å². The zero-order chi connectivity index (χ0) is 13.5. The van der Waals surface area contributed by atoms with Crippen molar-refractivity contribution in [3.05, 3.63) is 48.0 Å². The minimum atomic E-state index is -2.88. The minimum Gasteiger partial charge on any atom is -0.229 e. The molecule has 2 aromatic carbocycles. The molecule has 2 aromatic rings. The van der Waals surface area contributed by atoms with Gasteiger partial charge in [-0.25, -0.2) is 8.42 Å². The molecule has 1 saturated heterocycles. The van der Waals surface area contributed by atoms with E-state index >= 15 is 0 Å². The van der Waals surface area contributed by atoms with Gasteiger partial charge in [0.15, 0.2) is 9.84 Å². The first-order chi connectivity index (χ1) is 9.05. The third kappa shape index (κ3) is 2.63. The fourth-order valence-electron chi connectivity index (χ4n) is 2.71. The Morgan fingerprint density at radius 3 is 2.53 bits per heavy atom. The van der Waals surface area contributed by atoms with Gasteiger partial charge in [0.1, 0.15) is 0 Å². The quantitative estimate of drug-likeness (QED) is 0.794. The predicted molar refractivity (Wildman–Crippen MR) is 79.3 cm³/mol. The van der Waals surface area contributed by atoms with E-state index in [1.165, 1.54) is 5.39 Å². The summed E-state index contributed by atoms with van der Waals surface area (Å²) in [6.45, 7) is 0. The Labute approximate surface area is 118 Å². The maximum atomic E-state index is 11.5. The fraction of sp³-hybridized carbons (Fsp3) is 0.333. The molecule has 0 bridgehead atoms. The molecule has 4 heteroatoms. The van der Waals surface area contributed by atoms with Gasteiger partial charge in [-0.1, -0.05) is 36.4 Å². The van der Waals surface area contributed by atoms with Crippen molar-refractivity contribution in [2.24, 2.45) is 5.92 Å². The lowest BCUT2D eigenvalue weighted by molar-refractivity contribution is 0.569. The van der Waals surface area contributed by atoms with Crippen molar-refractivity contribution in [2.75, 3.05) is 11.5 Å². The van der Waals surface area contributed by atoms with Gasteiger partial charge in [0, 0.05) is 0 Å². The number of hydrogen-bond acceptors (Lipinski definition) is 2. The summed E-state index contributed by atoms with van der Waals surface area (Å²) >= 11 is 6.48. The van der Waals surface area contributed by atoms with Gasteiger partial charge in [0.05, 0.1) is 16.9 Å². The van der Waals surface area contributed by atoms with E-state index in [9.17, 15) is 8.42 Å². The van der Waals surface area contributed by atoms with Crippen LogP contribution in [0.3, 0.4) is 0 Å². The first-order valence-electron chi connectivity index (χ1n) is 6.38. The molecular formula is C15H15ClO2S. The van der Waals surface area contributed by atoms with E-state index in [0.717, 1.165) is 10.9 Å². The Hall–Kier alpha value is -1.06. The Morgan fingerprint density at radius 2 is 1.84 bits per heavy atom. The monoisotopic (exact) mass is 294 g/mol. The van der Waals surface area contributed by atoms with E-state index in [4.69, 9.17) is 11.6 Å². The summed E-state index contributed by atoms with van der Waals surface area (Å²) in [5.41, 5.74) is 1.02. The molecule has 0 spiro atoms. The van der Waals surface area contributed by atoms with E-state index in [1.54, 1.807) is 0 Å². The molecule has 1 heterocycles. The topological polar surface area (TPSA) is 34.1 Å². The van der Waals surface area contributed by atoms with Crippen LogP contribution in [0.15, 0.2) is 42.5 Å². The fourth-order valence-corrected chi connectivity index (χ4v) is 5.00. The average molecular weight is 295 g/mol. The van der Waals surface area contributed by atoms with Gasteiger partial charge >= 0.3 is 0 Å². The highest BCUT2D eigenvalue weighted by molar-refractivity contribution is 7.91. The summed E-state index contributed by atoms with van der Waals surface area (Å²) in [6, 6.07) is 14.2. The molecule has 2 unspecified atom stereocenters. The molecule has 1 fully saturated rings. The lowest BCUT2D eigenvalue weighted by Crippen LogP contribution is -2.10. The minimum absolute atomic E-state index is 0.0350. The predicted octanol–water partition coefficient (Wildman–Crippen LogP) is 3.55. The average Bonchev–Trinajstić information content (AvgIpc) is 2.78. The summed E-state index contributed by atoms with van der Waals surface area (Å²) in [6.07, 6.45) is 0.670. The van der Waals surface area contributed by atoms with Gasteiger partial charge < -0.3 is 0 Å². The standard InChI is InChI=1S/C15H15ClO2S/c16-15(14-7-8-19(17,18)10-14)13-6-5-11-3-1-2-4-12(11)9-13/h1-6,9,14-15H,7-8,10H2. The van der Waals surface area contributed by atoms with Crippen molar-refractivity contribution in [3.63, 3.8) is 0 Å². The van der Waals surface area contributed by atoms with Crippen LogP contribution in [0.4, 0.5) is 0 Å². The molecule has 0 saturated carbocycles. The molecule has 2 nitrogen and oxygen atoms in total. The second-order valence-corrected chi connectivity index (χ2v) is 7.87. The maximum absolute atomic E-state index is 11.5. The van der Waals surface area contributed by atoms with Gasteiger partial charge in [0.2, 0.25) is 0 Å². The zero-order valence-electron chi connectivity index (χ0n) is 10.4. The van der Waals surface area contributed by atoms with Crippen LogP contribution in [-0.4, -0.2) is 19.9 Å². The molecule has 0 radical (unpaired) electrons. The van der Waals surface area contributed by atoms with Crippen LogP contribution in [0.1, 0.15) is 17.4 Å². The third-order valence-electron chi connectivity index (χ3n) is 3.77. The number of hydrogen-bond donors (Lipinski definition) is 0. The van der Waals surface area contributed by atoms with Gasteiger partial charge in [-0.3, -0.25) is 0 Å². The number of sulfone groups is 1. The molecule has 100 valence electrons. The van der Waals surface area contributed by atoms with Crippen LogP contribution in [-0.2, 0) is 9.84 Å². The molecule has 0 aliphatic carbocycles. The highest BCUT2D eigenvalue weighted by atomic mass is 35.5. The Balaban J connectivity index is 1.91. The van der Waals surface area contributed by atoms with Crippen molar-refractivity contribution in [1.82, 2.24) is 0 Å². The summed E-state index contributed by atoms with van der Waals surface area (Å²) in [5, 5.41) is 2.10. The van der Waals surface area contributed by atoms with Crippen molar-refractivity contribution in [2.45, 2.75) is 11.8 Å². The van der Waals surface area contributed by atoms with Crippen molar-refractivity contribution < 1.29 is 8.42 Å². The highest BCUT2D eigenvalue weighted by Gasteiger charge is 2.33. The van der Waals surface area contributed by atoms with E-state index in [0.29, 0.717) is 6.42 Å². The largest absolute Gasteiger partial charge is 0.229 e. The lowest BCUT2D eigenvalue weighted by atomic mass is 9.96. The summed E-state index contributed by atoms with van der Waals surface area (Å²) in [4.78, 5) is 0. The van der Waals surface area contributed by atoms with Crippen molar-refractivity contribution >= 4 is 32.2 Å². The van der Waals surface area contributed by atoms with Crippen molar-refractivity contribution in [3.8, 4) is 0 Å². The third-order valence-corrected chi connectivity index (χ3v) is 6.18. The summed E-state index contributed by atoms with van der Waals surface area (Å²) in [7, 11) is -2.88. The molecular weight excluding hydrogens is 280 g/mol. The molecule has 2 atom stereocenters. The molecule has 1 aliphatic heterocycles. The van der Waals surface area contributed by atoms with Crippen molar-refractivity contribution in [1.29, 1.82) is 0 Å². The first kappa shape index (κ1) is 12.9. The Morgan fingerprint density at radius 1 is 1.11 bits per heavy atom. The van der Waals surface area contributed by atoms with E-state index < -0.39 is 9.84 Å². The van der Waals surface area contributed by atoms with Gasteiger partial charge in [0.25, 0.3) is 0 Å². The van der Waals surface area contributed by atoms with E-state index in [2.05, 4.69) is 12.1 Å².